The highest BCUT2D eigenvalue weighted by Gasteiger charge is 2.01. The second kappa shape index (κ2) is 6.03. The lowest BCUT2D eigenvalue weighted by Gasteiger charge is -1.91. The van der Waals surface area contributed by atoms with E-state index in [2.05, 4.69) is 4.74 Å². The van der Waals surface area contributed by atoms with Crippen molar-refractivity contribution >= 4 is 18.2 Å². The van der Waals surface area contributed by atoms with Crippen molar-refractivity contribution in [1.29, 1.82) is 0 Å². The van der Waals surface area contributed by atoms with Crippen molar-refractivity contribution < 1.29 is 19.1 Å². The predicted molar refractivity (Wildman–Crippen MR) is 41.1 cm³/mol. The van der Waals surface area contributed by atoms with Gasteiger partial charge in [-0.2, -0.15) is 0 Å². The van der Waals surface area contributed by atoms with Gasteiger partial charge in [-0.1, -0.05) is 6.08 Å². The molecule has 0 fully saturated rings. The maximum atomic E-state index is 10.6. The van der Waals surface area contributed by atoms with Gasteiger partial charge in [-0.05, 0) is 13.0 Å². The summed E-state index contributed by atoms with van der Waals surface area (Å²) in [6.07, 6.45) is 4.78. The van der Waals surface area contributed by atoms with Gasteiger partial charge in [0.25, 0.3) is 0 Å². The van der Waals surface area contributed by atoms with E-state index in [1.807, 2.05) is 0 Å². The lowest BCUT2D eigenvalue weighted by atomic mass is 10.5. The molecule has 0 N–H and O–H groups in total. The molecule has 0 aliphatic carbocycles. The third-order valence-corrected chi connectivity index (χ3v) is 0.815. The number of rotatable bonds is 3. The van der Waals surface area contributed by atoms with Gasteiger partial charge in [0.2, 0.25) is 0 Å². The van der Waals surface area contributed by atoms with Crippen LogP contribution >= 0.6 is 0 Å². The zero-order valence-electron chi connectivity index (χ0n) is 6.52. The molecule has 0 aromatic rings. The van der Waals surface area contributed by atoms with Crippen LogP contribution in [0.3, 0.4) is 0 Å². The van der Waals surface area contributed by atoms with E-state index < -0.39 is 11.9 Å². The molecule has 12 heavy (non-hydrogen) atoms. The SMILES string of the molecule is C/C=C/C(=O)OC(=O)C=CC=O. The molecular formula is C8H8O4. The summed E-state index contributed by atoms with van der Waals surface area (Å²) in [6.45, 7) is 1.62. The predicted octanol–water partition coefficient (Wildman–Crippen LogP) is 0.387. The summed E-state index contributed by atoms with van der Waals surface area (Å²) >= 11 is 0. The minimum absolute atomic E-state index is 0.418. The standard InChI is InChI=1S/C8H8O4/c1-2-4-7(10)12-8(11)5-3-6-9/h2-6H,1H3/b4-2+,5-3?. The first kappa shape index (κ1) is 10.3. The zero-order valence-corrected chi connectivity index (χ0v) is 6.52. The van der Waals surface area contributed by atoms with Crippen LogP contribution in [0, 0.1) is 0 Å². The third-order valence-electron chi connectivity index (χ3n) is 0.815. The molecule has 0 saturated carbocycles. The van der Waals surface area contributed by atoms with E-state index in [1.165, 1.54) is 6.08 Å². The van der Waals surface area contributed by atoms with Crippen LogP contribution in [0.2, 0.25) is 0 Å². The third kappa shape index (κ3) is 5.10. The zero-order chi connectivity index (χ0) is 9.40. The second-order valence-electron chi connectivity index (χ2n) is 1.74. The van der Waals surface area contributed by atoms with Gasteiger partial charge in [-0.25, -0.2) is 9.59 Å². The Hall–Kier alpha value is -1.71. The maximum Gasteiger partial charge on any atom is 0.338 e. The topological polar surface area (TPSA) is 60.4 Å². The van der Waals surface area contributed by atoms with E-state index >= 15 is 0 Å². The molecule has 0 spiro atoms. The average Bonchev–Trinajstić information content (AvgIpc) is 2.01. The van der Waals surface area contributed by atoms with Crippen LogP contribution in [0.15, 0.2) is 24.3 Å². The number of carbonyl (C=O) groups excluding carboxylic acids is 3. The lowest BCUT2D eigenvalue weighted by Crippen LogP contribution is -2.06. The first-order chi connectivity index (χ1) is 5.70. The van der Waals surface area contributed by atoms with Crippen molar-refractivity contribution in [2.75, 3.05) is 0 Å². The molecule has 64 valence electrons. The molecule has 4 heteroatoms. The lowest BCUT2D eigenvalue weighted by molar-refractivity contribution is -0.152. The van der Waals surface area contributed by atoms with Crippen LogP contribution < -0.4 is 0 Å². The molecule has 0 rings (SSSR count). The number of aldehydes is 1. The molecule has 0 radical (unpaired) electrons. The first-order valence-electron chi connectivity index (χ1n) is 3.21. The highest BCUT2D eigenvalue weighted by molar-refractivity contribution is 5.97. The Morgan fingerprint density at radius 1 is 1.17 bits per heavy atom. The summed E-state index contributed by atoms with van der Waals surface area (Å²) < 4.78 is 4.18. The summed E-state index contributed by atoms with van der Waals surface area (Å²) in [4.78, 5) is 30.9. The van der Waals surface area contributed by atoms with Crippen LogP contribution in [-0.2, 0) is 19.1 Å². The molecular weight excluding hydrogens is 160 g/mol. The van der Waals surface area contributed by atoms with Crippen molar-refractivity contribution in [3.63, 3.8) is 0 Å². The molecule has 4 nitrogen and oxygen atoms in total. The van der Waals surface area contributed by atoms with Gasteiger partial charge in [0.1, 0.15) is 6.29 Å². The number of carbonyl (C=O) groups is 3. The minimum Gasteiger partial charge on any atom is -0.387 e. The fourth-order valence-corrected chi connectivity index (χ4v) is 0.421. The number of ether oxygens (including phenoxy) is 1. The van der Waals surface area contributed by atoms with Crippen LogP contribution in [0.25, 0.3) is 0 Å². The molecule has 0 bridgehead atoms. The number of hydrogen-bond donors (Lipinski definition) is 0. The summed E-state index contributed by atoms with van der Waals surface area (Å²) in [6, 6.07) is 0. The quantitative estimate of drug-likeness (QED) is 0.264. The van der Waals surface area contributed by atoms with Crippen molar-refractivity contribution in [1.82, 2.24) is 0 Å². The van der Waals surface area contributed by atoms with Gasteiger partial charge in [0.05, 0.1) is 0 Å². The van der Waals surface area contributed by atoms with Gasteiger partial charge in [-0.3, -0.25) is 4.79 Å². The first-order valence-corrected chi connectivity index (χ1v) is 3.21. The number of allylic oxidation sites excluding steroid dienone is 2. The van der Waals surface area contributed by atoms with Crippen molar-refractivity contribution in [2.45, 2.75) is 6.92 Å². The summed E-state index contributed by atoms with van der Waals surface area (Å²) in [5.74, 6) is -1.61. The van der Waals surface area contributed by atoms with E-state index in [1.54, 1.807) is 6.92 Å². The Balaban J connectivity index is 3.92. The Morgan fingerprint density at radius 2 is 1.75 bits per heavy atom. The maximum absolute atomic E-state index is 10.6. The Bertz CT molecular complexity index is 237. The molecule has 0 saturated heterocycles. The van der Waals surface area contributed by atoms with E-state index in [-0.39, 0.29) is 0 Å². The van der Waals surface area contributed by atoms with Gasteiger partial charge >= 0.3 is 11.9 Å². The Morgan fingerprint density at radius 3 is 2.25 bits per heavy atom. The van der Waals surface area contributed by atoms with Crippen LogP contribution in [0.1, 0.15) is 6.92 Å². The monoisotopic (exact) mass is 168 g/mol. The van der Waals surface area contributed by atoms with Gasteiger partial charge in [0, 0.05) is 12.2 Å². The highest BCUT2D eigenvalue weighted by Crippen LogP contribution is 1.84. The summed E-state index contributed by atoms with van der Waals surface area (Å²) in [7, 11) is 0. The second-order valence-corrected chi connectivity index (χ2v) is 1.74. The van der Waals surface area contributed by atoms with E-state index in [0.29, 0.717) is 6.29 Å². The molecule has 0 aliphatic heterocycles. The molecule has 0 aliphatic rings. The molecule has 0 unspecified atom stereocenters. The van der Waals surface area contributed by atoms with Gasteiger partial charge in [0.15, 0.2) is 0 Å². The van der Waals surface area contributed by atoms with Crippen molar-refractivity contribution in [2.24, 2.45) is 0 Å². The van der Waals surface area contributed by atoms with Crippen molar-refractivity contribution in [3.8, 4) is 0 Å². The van der Waals surface area contributed by atoms with E-state index in [0.717, 1.165) is 18.2 Å². The van der Waals surface area contributed by atoms with Crippen LogP contribution in [0.4, 0.5) is 0 Å². The van der Waals surface area contributed by atoms with E-state index in [4.69, 9.17) is 0 Å². The Labute approximate surface area is 69.5 Å². The molecule has 0 amide bonds. The number of esters is 2. The summed E-state index contributed by atoms with van der Waals surface area (Å²) in [5, 5.41) is 0. The number of hydrogen-bond acceptors (Lipinski definition) is 4. The van der Waals surface area contributed by atoms with Crippen LogP contribution in [-0.4, -0.2) is 18.2 Å². The van der Waals surface area contributed by atoms with Crippen molar-refractivity contribution in [3.05, 3.63) is 24.3 Å². The fraction of sp³-hybridized carbons (Fsp3) is 0.125. The minimum atomic E-state index is -0.856. The largest absolute Gasteiger partial charge is 0.387 e. The molecule has 0 atom stereocenters. The molecule has 0 aromatic heterocycles. The fourth-order valence-electron chi connectivity index (χ4n) is 0.421. The molecule has 0 heterocycles. The average molecular weight is 168 g/mol. The smallest absolute Gasteiger partial charge is 0.338 e. The van der Waals surface area contributed by atoms with Crippen LogP contribution in [0.5, 0.6) is 0 Å². The summed E-state index contributed by atoms with van der Waals surface area (Å²) in [5.41, 5.74) is 0. The van der Waals surface area contributed by atoms with E-state index in [9.17, 15) is 14.4 Å². The van der Waals surface area contributed by atoms with Gasteiger partial charge < -0.3 is 4.74 Å². The molecule has 0 aromatic carbocycles. The Kier molecular flexibility index (Phi) is 5.17. The highest BCUT2D eigenvalue weighted by atomic mass is 16.6. The van der Waals surface area contributed by atoms with Gasteiger partial charge in [-0.15, -0.1) is 0 Å². The normalized spacial score (nSPS) is 10.4.